The Morgan fingerprint density at radius 1 is 0.909 bits per heavy atom. The van der Waals surface area contributed by atoms with Crippen LogP contribution in [-0.2, 0) is 14.3 Å². The third-order valence-electron chi connectivity index (χ3n) is 5.59. The van der Waals surface area contributed by atoms with E-state index in [1.54, 1.807) is 0 Å². The summed E-state index contributed by atoms with van der Waals surface area (Å²) >= 11 is 0. The van der Waals surface area contributed by atoms with E-state index >= 15 is 0 Å². The van der Waals surface area contributed by atoms with Crippen LogP contribution in [0.4, 0.5) is 0 Å². The van der Waals surface area contributed by atoms with Gasteiger partial charge in [-0.3, -0.25) is 4.90 Å². The first kappa shape index (κ1) is 26.5. The van der Waals surface area contributed by atoms with Crippen molar-refractivity contribution in [2.24, 2.45) is 0 Å². The zero-order chi connectivity index (χ0) is 24.2. The zero-order valence-corrected chi connectivity index (χ0v) is 19.3. The summed E-state index contributed by atoms with van der Waals surface area (Å²) in [6.45, 7) is 10.6. The van der Waals surface area contributed by atoms with E-state index in [2.05, 4.69) is 47.9 Å². The van der Waals surface area contributed by atoms with Gasteiger partial charge in [-0.05, 0) is 30.2 Å². The van der Waals surface area contributed by atoms with Gasteiger partial charge in [0.1, 0.15) is 6.10 Å². The molecule has 2 aromatic rings. The molecular formula is C25H34N2O6. The van der Waals surface area contributed by atoms with Crippen molar-refractivity contribution in [2.75, 3.05) is 45.9 Å². The number of likely N-dealkylation sites (N-methyl/N-ethyl adjacent to an activating group) is 1. The number of aliphatic carboxylic acids is 2. The molecule has 1 saturated heterocycles. The molecule has 1 fully saturated rings. The highest BCUT2D eigenvalue weighted by Gasteiger charge is 2.21. The molecule has 0 bridgehead atoms. The number of benzene rings is 2. The minimum absolute atomic E-state index is 0.154. The quantitative estimate of drug-likeness (QED) is 0.517. The van der Waals surface area contributed by atoms with Crippen LogP contribution in [0.25, 0.3) is 0 Å². The number of ether oxygens (including phenoxy) is 1. The lowest BCUT2D eigenvalue weighted by molar-refractivity contribution is -0.159. The van der Waals surface area contributed by atoms with Crippen molar-refractivity contribution in [2.45, 2.75) is 26.1 Å². The molecule has 0 amide bonds. The molecule has 2 atom stereocenters. The number of aliphatic hydroxyl groups is 1. The fraction of sp³-hybridized carbons (Fsp3) is 0.440. The maximum absolute atomic E-state index is 10.6. The number of aliphatic hydroxyl groups excluding tert-OH is 1. The average Bonchev–Trinajstić information content (AvgIpc) is 2.82. The number of aryl methyl sites for hydroxylation is 1. The summed E-state index contributed by atoms with van der Waals surface area (Å²) < 4.78 is 6.25. The van der Waals surface area contributed by atoms with Gasteiger partial charge in [-0.25, -0.2) is 9.59 Å². The molecule has 180 valence electrons. The lowest BCUT2D eigenvalue weighted by atomic mass is 9.97. The monoisotopic (exact) mass is 458 g/mol. The molecule has 1 heterocycles. The van der Waals surface area contributed by atoms with Gasteiger partial charge in [0.25, 0.3) is 0 Å². The molecule has 8 nitrogen and oxygen atoms in total. The van der Waals surface area contributed by atoms with Crippen molar-refractivity contribution in [3.05, 3.63) is 71.3 Å². The summed E-state index contributed by atoms with van der Waals surface area (Å²) in [6.07, 6.45) is -0.632. The van der Waals surface area contributed by atoms with Crippen LogP contribution in [0.3, 0.4) is 0 Å². The molecule has 2 aromatic carbocycles. The second-order valence-corrected chi connectivity index (χ2v) is 7.98. The molecule has 0 spiro atoms. The van der Waals surface area contributed by atoms with Crippen LogP contribution in [-0.4, -0.2) is 89.0 Å². The standard InChI is InChI=1S/C23H32N2O2.C2H2O4/c1-3-24-13-15-25(16-14-24)17-21(26)18-27-23(20-10-5-4-6-11-20)22-12-8-7-9-19(22)2;3-1(4)2(5)6/h4-12,21,23,26H,3,13-18H2,1-2H3;(H,3,4)(H,5,6). The lowest BCUT2D eigenvalue weighted by Crippen LogP contribution is -2.48. The van der Waals surface area contributed by atoms with E-state index in [-0.39, 0.29) is 6.10 Å². The van der Waals surface area contributed by atoms with Crippen LogP contribution in [0.15, 0.2) is 54.6 Å². The summed E-state index contributed by atoms with van der Waals surface area (Å²) in [5.41, 5.74) is 3.49. The molecule has 3 N–H and O–H groups in total. The molecule has 0 aliphatic carbocycles. The molecule has 1 aliphatic rings. The van der Waals surface area contributed by atoms with Crippen molar-refractivity contribution in [3.63, 3.8) is 0 Å². The topological polar surface area (TPSA) is 111 Å². The Bertz CT molecular complexity index is 856. The normalized spacial score (nSPS) is 16.3. The van der Waals surface area contributed by atoms with Crippen LogP contribution >= 0.6 is 0 Å². The second kappa shape index (κ2) is 13.7. The van der Waals surface area contributed by atoms with Crippen LogP contribution in [0.2, 0.25) is 0 Å². The number of rotatable bonds is 8. The van der Waals surface area contributed by atoms with E-state index in [9.17, 15) is 5.11 Å². The summed E-state index contributed by atoms with van der Waals surface area (Å²) in [5, 5.41) is 25.3. The molecule has 33 heavy (non-hydrogen) atoms. The molecule has 8 heteroatoms. The van der Waals surface area contributed by atoms with E-state index < -0.39 is 18.0 Å². The minimum atomic E-state index is -1.82. The highest BCUT2D eigenvalue weighted by Crippen LogP contribution is 2.28. The SMILES string of the molecule is CCN1CCN(CC(O)COC(c2ccccc2)c2ccccc2C)CC1.O=C(O)C(=O)O. The van der Waals surface area contributed by atoms with Gasteiger partial charge < -0.3 is 25.0 Å². The number of carboxylic acids is 2. The Morgan fingerprint density at radius 2 is 1.45 bits per heavy atom. The van der Waals surface area contributed by atoms with Crippen molar-refractivity contribution in [3.8, 4) is 0 Å². The minimum Gasteiger partial charge on any atom is -0.473 e. The van der Waals surface area contributed by atoms with Gasteiger partial charge in [0.2, 0.25) is 0 Å². The molecule has 1 aliphatic heterocycles. The fourth-order valence-electron chi connectivity index (χ4n) is 3.72. The van der Waals surface area contributed by atoms with Crippen LogP contribution in [0.5, 0.6) is 0 Å². The molecular weight excluding hydrogens is 424 g/mol. The van der Waals surface area contributed by atoms with E-state index in [4.69, 9.17) is 24.5 Å². The second-order valence-electron chi connectivity index (χ2n) is 7.98. The Kier molecular flexibility index (Phi) is 11.0. The highest BCUT2D eigenvalue weighted by atomic mass is 16.5. The third kappa shape index (κ3) is 8.94. The molecule has 0 saturated carbocycles. The van der Waals surface area contributed by atoms with Crippen molar-refractivity contribution < 1.29 is 29.6 Å². The number of hydrogen-bond acceptors (Lipinski definition) is 6. The number of carboxylic acid groups (broad SMARTS) is 2. The predicted molar refractivity (Wildman–Crippen MR) is 125 cm³/mol. The number of β-amino-alcohol motifs (C(OH)–C–C–N with tert-alkyl or cyclic N) is 1. The fourth-order valence-corrected chi connectivity index (χ4v) is 3.72. The van der Waals surface area contributed by atoms with Gasteiger partial charge >= 0.3 is 11.9 Å². The largest absolute Gasteiger partial charge is 0.473 e. The van der Waals surface area contributed by atoms with E-state index in [1.807, 2.05) is 30.3 Å². The first-order valence-electron chi connectivity index (χ1n) is 11.1. The lowest BCUT2D eigenvalue weighted by Gasteiger charge is -2.35. The molecule has 0 radical (unpaired) electrons. The Balaban J connectivity index is 0.000000569. The Morgan fingerprint density at radius 3 is 2.00 bits per heavy atom. The van der Waals surface area contributed by atoms with Crippen LogP contribution in [0, 0.1) is 6.92 Å². The van der Waals surface area contributed by atoms with E-state index in [0.29, 0.717) is 13.2 Å². The summed E-state index contributed by atoms with van der Waals surface area (Å²) in [5.74, 6) is -3.65. The maximum Gasteiger partial charge on any atom is 0.414 e. The maximum atomic E-state index is 10.6. The average molecular weight is 459 g/mol. The summed E-state index contributed by atoms with van der Waals surface area (Å²) in [6, 6.07) is 18.6. The number of carbonyl (C=O) groups is 2. The van der Waals surface area contributed by atoms with Crippen LogP contribution in [0.1, 0.15) is 29.7 Å². The first-order chi connectivity index (χ1) is 15.8. The predicted octanol–water partition coefficient (Wildman–Crippen LogP) is 2.26. The number of piperazine rings is 1. The zero-order valence-electron chi connectivity index (χ0n) is 19.3. The van der Waals surface area contributed by atoms with E-state index in [0.717, 1.165) is 43.9 Å². The summed E-state index contributed by atoms with van der Waals surface area (Å²) in [7, 11) is 0. The molecule has 3 rings (SSSR count). The van der Waals surface area contributed by atoms with Gasteiger partial charge in [-0.1, -0.05) is 61.5 Å². The van der Waals surface area contributed by atoms with Gasteiger partial charge in [0.05, 0.1) is 12.7 Å². The first-order valence-corrected chi connectivity index (χ1v) is 11.1. The summed E-state index contributed by atoms with van der Waals surface area (Å²) in [4.78, 5) is 23.0. The van der Waals surface area contributed by atoms with Crippen molar-refractivity contribution in [1.29, 1.82) is 0 Å². The van der Waals surface area contributed by atoms with Crippen molar-refractivity contribution >= 4 is 11.9 Å². The Hall–Kier alpha value is -2.78. The molecule has 0 aromatic heterocycles. The van der Waals surface area contributed by atoms with E-state index in [1.165, 1.54) is 5.56 Å². The van der Waals surface area contributed by atoms with Gasteiger partial charge in [0, 0.05) is 32.7 Å². The van der Waals surface area contributed by atoms with Gasteiger partial charge in [-0.15, -0.1) is 0 Å². The van der Waals surface area contributed by atoms with Gasteiger partial charge in [-0.2, -0.15) is 0 Å². The number of hydrogen-bond donors (Lipinski definition) is 3. The van der Waals surface area contributed by atoms with Gasteiger partial charge in [0.15, 0.2) is 0 Å². The third-order valence-corrected chi connectivity index (χ3v) is 5.59. The van der Waals surface area contributed by atoms with Crippen molar-refractivity contribution in [1.82, 2.24) is 9.80 Å². The van der Waals surface area contributed by atoms with Crippen LogP contribution < -0.4 is 0 Å². The Labute approximate surface area is 195 Å². The smallest absolute Gasteiger partial charge is 0.414 e. The number of nitrogens with zero attached hydrogens (tertiary/aromatic N) is 2. The molecule has 2 unspecified atom stereocenters. The highest BCUT2D eigenvalue weighted by molar-refractivity contribution is 6.27.